The summed E-state index contributed by atoms with van der Waals surface area (Å²) in [6.07, 6.45) is 4.80. The highest BCUT2D eigenvalue weighted by molar-refractivity contribution is 5.86. The van der Waals surface area contributed by atoms with Gasteiger partial charge in [-0.3, -0.25) is 4.79 Å². The molecule has 121 valence electrons. The number of ketones is 1. The SMILES string of the molecule is CCCCCCOc1ccc(C(C(C)=O)c2cc[c]cc2)cc1. The molecule has 0 spiro atoms. The van der Waals surface area contributed by atoms with Gasteiger partial charge in [-0.2, -0.15) is 0 Å². The number of rotatable bonds is 9. The van der Waals surface area contributed by atoms with Crippen LogP contribution in [-0.4, -0.2) is 12.4 Å². The van der Waals surface area contributed by atoms with E-state index in [-0.39, 0.29) is 11.7 Å². The number of ether oxygens (including phenoxy) is 1. The van der Waals surface area contributed by atoms with Crippen molar-refractivity contribution in [3.63, 3.8) is 0 Å². The largest absolute Gasteiger partial charge is 0.494 e. The van der Waals surface area contributed by atoms with Crippen molar-refractivity contribution in [1.29, 1.82) is 0 Å². The fraction of sp³-hybridized carbons (Fsp3) is 0.381. The van der Waals surface area contributed by atoms with Gasteiger partial charge in [-0.25, -0.2) is 0 Å². The summed E-state index contributed by atoms with van der Waals surface area (Å²) in [6.45, 7) is 4.60. The van der Waals surface area contributed by atoms with Gasteiger partial charge in [0, 0.05) is 0 Å². The average molecular weight is 309 g/mol. The lowest BCUT2D eigenvalue weighted by Gasteiger charge is -2.15. The molecule has 0 aromatic heterocycles. The lowest BCUT2D eigenvalue weighted by atomic mass is 9.88. The zero-order valence-corrected chi connectivity index (χ0v) is 14.0. The second kappa shape index (κ2) is 9.14. The average Bonchev–Trinajstić information content (AvgIpc) is 2.57. The molecule has 2 rings (SSSR count). The zero-order chi connectivity index (χ0) is 16.5. The third-order valence-corrected chi connectivity index (χ3v) is 3.96. The van der Waals surface area contributed by atoms with E-state index >= 15 is 0 Å². The maximum Gasteiger partial charge on any atom is 0.141 e. The van der Waals surface area contributed by atoms with E-state index < -0.39 is 0 Å². The van der Waals surface area contributed by atoms with Gasteiger partial charge in [-0.15, -0.1) is 0 Å². The Labute approximate surface area is 139 Å². The molecule has 2 aromatic rings. The number of carbonyl (C=O) groups is 1. The maximum atomic E-state index is 12.1. The Morgan fingerprint density at radius 2 is 1.65 bits per heavy atom. The molecule has 2 heteroatoms. The van der Waals surface area contributed by atoms with Crippen molar-refractivity contribution in [3.05, 3.63) is 65.7 Å². The van der Waals surface area contributed by atoms with Crippen molar-refractivity contribution >= 4 is 5.78 Å². The van der Waals surface area contributed by atoms with Gasteiger partial charge in [0.2, 0.25) is 0 Å². The molecule has 1 radical (unpaired) electrons. The summed E-state index contributed by atoms with van der Waals surface area (Å²) in [6, 6.07) is 18.5. The Kier molecular flexibility index (Phi) is 6.86. The molecular weight excluding hydrogens is 284 g/mol. The van der Waals surface area contributed by atoms with Gasteiger partial charge in [0.25, 0.3) is 0 Å². The minimum atomic E-state index is -0.219. The van der Waals surface area contributed by atoms with E-state index in [0.717, 1.165) is 29.9 Å². The lowest BCUT2D eigenvalue weighted by molar-refractivity contribution is -0.117. The van der Waals surface area contributed by atoms with Gasteiger partial charge in [0.1, 0.15) is 11.5 Å². The third-order valence-electron chi connectivity index (χ3n) is 3.96. The molecule has 0 amide bonds. The Morgan fingerprint density at radius 3 is 2.26 bits per heavy atom. The van der Waals surface area contributed by atoms with Crippen LogP contribution in [0.5, 0.6) is 5.75 Å². The molecule has 1 unspecified atom stereocenters. The maximum absolute atomic E-state index is 12.1. The number of hydrogen-bond acceptors (Lipinski definition) is 2. The molecule has 0 aliphatic carbocycles. The van der Waals surface area contributed by atoms with Crippen LogP contribution in [0.2, 0.25) is 0 Å². The predicted octanol–water partition coefficient (Wildman–Crippen LogP) is 5.17. The van der Waals surface area contributed by atoms with Crippen LogP contribution in [-0.2, 0) is 4.79 Å². The predicted molar refractivity (Wildman–Crippen MR) is 93.9 cm³/mol. The smallest absolute Gasteiger partial charge is 0.141 e. The van der Waals surface area contributed by atoms with Crippen LogP contribution in [0.1, 0.15) is 56.6 Å². The van der Waals surface area contributed by atoms with Gasteiger partial charge in [-0.1, -0.05) is 62.6 Å². The van der Waals surface area contributed by atoms with Crippen molar-refractivity contribution in [1.82, 2.24) is 0 Å². The first-order valence-electron chi connectivity index (χ1n) is 8.41. The summed E-state index contributed by atoms with van der Waals surface area (Å²) < 4.78 is 5.76. The van der Waals surface area contributed by atoms with E-state index in [2.05, 4.69) is 13.0 Å². The van der Waals surface area contributed by atoms with Gasteiger partial charge in [0.05, 0.1) is 12.5 Å². The third kappa shape index (κ3) is 5.24. The normalized spacial score (nSPS) is 11.9. The summed E-state index contributed by atoms with van der Waals surface area (Å²) in [4.78, 5) is 12.1. The second-order valence-electron chi connectivity index (χ2n) is 5.86. The Bertz CT molecular complexity index is 587. The highest BCUT2D eigenvalue weighted by Gasteiger charge is 2.18. The molecule has 0 aliphatic rings. The van der Waals surface area contributed by atoms with E-state index in [1.165, 1.54) is 19.3 Å². The number of Topliss-reactive ketones (excluding diaryl/α,β-unsaturated/α-hetero) is 1. The van der Waals surface area contributed by atoms with E-state index in [1.807, 2.05) is 48.5 Å². The standard InChI is InChI=1S/C21H25O2/c1-3-4-5-9-16-23-20-14-12-19(13-15-20)21(17(2)22)18-10-7-6-8-11-18/h7-8,10-15,21H,3-5,9,16H2,1-2H3. The highest BCUT2D eigenvalue weighted by Crippen LogP contribution is 2.27. The van der Waals surface area contributed by atoms with E-state index in [9.17, 15) is 4.79 Å². The molecule has 0 saturated heterocycles. The number of hydrogen-bond donors (Lipinski definition) is 0. The number of unbranched alkanes of at least 4 members (excludes halogenated alkanes) is 3. The summed E-state index contributed by atoms with van der Waals surface area (Å²) in [7, 11) is 0. The van der Waals surface area contributed by atoms with Crippen LogP contribution >= 0.6 is 0 Å². The first kappa shape index (κ1) is 17.3. The fourth-order valence-electron chi connectivity index (χ4n) is 2.73. The molecule has 23 heavy (non-hydrogen) atoms. The van der Waals surface area contributed by atoms with Gasteiger partial charge >= 0.3 is 0 Å². The van der Waals surface area contributed by atoms with Crippen LogP contribution in [0.3, 0.4) is 0 Å². The van der Waals surface area contributed by atoms with E-state index in [1.54, 1.807) is 6.92 Å². The number of carbonyl (C=O) groups excluding carboxylic acids is 1. The molecule has 0 heterocycles. The van der Waals surface area contributed by atoms with Crippen LogP contribution in [0.25, 0.3) is 0 Å². The topological polar surface area (TPSA) is 26.3 Å². The van der Waals surface area contributed by atoms with Gasteiger partial charge in [-0.05, 0) is 42.7 Å². The van der Waals surface area contributed by atoms with Crippen LogP contribution in [0.15, 0.2) is 48.5 Å². The number of benzene rings is 2. The minimum Gasteiger partial charge on any atom is -0.494 e. The zero-order valence-electron chi connectivity index (χ0n) is 14.0. The molecule has 0 saturated carbocycles. The summed E-state index contributed by atoms with van der Waals surface area (Å²) in [5.74, 6) is 0.793. The molecule has 2 nitrogen and oxygen atoms in total. The van der Waals surface area contributed by atoms with Crippen LogP contribution in [0, 0.1) is 6.07 Å². The highest BCUT2D eigenvalue weighted by atomic mass is 16.5. The minimum absolute atomic E-state index is 0.143. The second-order valence-corrected chi connectivity index (χ2v) is 5.86. The molecule has 0 N–H and O–H groups in total. The quantitative estimate of drug-likeness (QED) is 0.598. The molecular formula is C21H25O2. The Hall–Kier alpha value is -2.09. The Morgan fingerprint density at radius 1 is 1.00 bits per heavy atom. The van der Waals surface area contributed by atoms with Crippen molar-refractivity contribution in [3.8, 4) is 5.75 Å². The van der Waals surface area contributed by atoms with Crippen molar-refractivity contribution in [2.45, 2.75) is 45.4 Å². The lowest BCUT2D eigenvalue weighted by Crippen LogP contribution is -2.10. The van der Waals surface area contributed by atoms with Gasteiger partial charge < -0.3 is 4.74 Å². The molecule has 0 aliphatic heterocycles. The van der Waals surface area contributed by atoms with Gasteiger partial charge in [0.15, 0.2) is 0 Å². The molecule has 0 fully saturated rings. The molecule has 1 atom stereocenters. The molecule has 2 aromatic carbocycles. The molecule has 0 bridgehead atoms. The summed E-state index contributed by atoms with van der Waals surface area (Å²) in [5, 5.41) is 0. The van der Waals surface area contributed by atoms with Crippen LogP contribution in [0.4, 0.5) is 0 Å². The van der Waals surface area contributed by atoms with Crippen molar-refractivity contribution < 1.29 is 9.53 Å². The van der Waals surface area contributed by atoms with Crippen molar-refractivity contribution in [2.75, 3.05) is 6.61 Å². The van der Waals surface area contributed by atoms with E-state index in [4.69, 9.17) is 4.74 Å². The summed E-state index contributed by atoms with van der Waals surface area (Å²) >= 11 is 0. The first-order chi connectivity index (χ1) is 11.2. The van der Waals surface area contributed by atoms with E-state index in [0.29, 0.717) is 0 Å². The fourth-order valence-corrected chi connectivity index (χ4v) is 2.73. The first-order valence-corrected chi connectivity index (χ1v) is 8.41. The monoisotopic (exact) mass is 309 g/mol. The van der Waals surface area contributed by atoms with Crippen LogP contribution < -0.4 is 4.74 Å². The Balaban J connectivity index is 2.01. The summed E-state index contributed by atoms with van der Waals surface area (Å²) in [5.41, 5.74) is 2.01. The van der Waals surface area contributed by atoms with Crippen molar-refractivity contribution in [2.24, 2.45) is 0 Å².